The summed E-state index contributed by atoms with van der Waals surface area (Å²) < 4.78 is 41.7. The Balaban J connectivity index is 1.67. The lowest BCUT2D eigenvalue weighted by Crippen LogP contribution is -2.67. The van der Waals surface area contributed by atoms with E-state index in [4.69, 9.17) is 22.8 Å². The van der Waals surface area contributed by atoms with Crippen molar-refractivity contribution < 1.29 is 27.0 Å². The highest BCUT2D eigenvalue weighted by molar-refractivity contribution is 7.60. The average Bonchev–Trinajstić information content (AvgIpc) is 3.24. The summed E-state index contributed by atoms with van der Waals surface area (Å²) in [4.78, 5) is 0. The summed E-state index contributed by atoms with van der Waals surface area (Å²) in [6, 6.07) is 21.0. The van der Waals surface area contributed by atoms with Gasteiger partial charge in [-0.25, -0.2) is 4.21 Å². The van der Waals surface area contributed by atoms with Crippen molar-refractivity contribution in [3.8, 4) is 0 Å². The van der Waals surface area contributed by atoms with Crippen LogP contribution in [0.4, 0.5) is 0 Å². The van der Waals surface area contributed by atoms with Crippen LogP contribution in [0.15, 0.2) is 60.7 Å². The summed E-state index contributed by atoms with van der Waals surface area (Å²) in [6.45, 7) is 11.1. The summed E-state index contributed by atoms with van der Waals surface area (Å²) in [5.41, 5.74) is 0. The van der Waals surface area contributed by atoms with E-state index in [0.29, 0.717) is 6.61 Å². The molecule has 0 saturated carbocycles. The Morgan fingerprint density at radius 3 is 2.03 bits per heavy atom. The lowest BCUT2D eigenvalue weighted by atomic mass is 10.0. The first-order chi connectivity index (χ1) is 15.7. The Morgan fingerprint density at radius 1 is 0.939 bits per heavy atom. The molecular formula is C25H34O6SSi. The Morgan fingerprint density at radius 2 is 1.52 bits per heavy atom. The quantitative estimate of drug-likeness (QED) is 0.454. The monoisotopic (exact) mass is 490 g/mol. The first-order valence-corrected chi connectivity index (χ1v) is 14.0. The zero-order valence-electron chi connectivity index (χ0n) is 19.9. The van der Waals surface area contributed by atoms with E-state index >= 15 is 0 Å². The Kier molecular flexibility index (Phi) is 7.26. The third-order valence-corrected chi connectivity index (χ3v) is 11.8. The molecule has 2 fully saturated rings. The molecular weight excluding hydrogens is 456 g/mol. The molecule has 8 heteroatoms. The Bertz CT molecular complexity index is 893. The summed E-state index contributed by atoms with van der Waals surface area (Å²) >= 11 is -0.360. The van der Waals surface area contributed by atoms with Gasteiger partial charge in [-0.2, -0.15) is 0 Å². The summed E-state index contributed by atoms with van der Waals surface area (Å²) in [5.74, 6) is -0.886. The molecule has 0 amide bonds. The van der Waals surface area contributed by atoms with Crippen LogP contribution < -0.4 is 10.4 Å². The minimum absolute atomic E-state index is 0.140. The second-order valence-corrected chi connectivity index (χ2v) is 14.9. The van der Waals surface area contributed by atoms with E-state index in [9.17, 15) is 4.21 Å². The highest BCUT2D eigenvalue weighted by Crippen LogP contribution is 2.42. The van der Waals surface area contributed by atoms with Crippen LogP contribution in [0, 0.1) is 5.92 Å². The van der Waals surface area contributed by atoms with Crippen LogP contribution >= 0.6 is 0 Å². The van der Waals surface area contributed by atoms with Crippen molar-refractivity contribution >= 4 is 30.6 Å². The van der Waals surface area contributed by atoms with Gasteiger partial charge in [0.05, 0.1) is 19.3 Å². The molecule has 180 valence electrons. The standard InChI is InChI=1S/C25H34O6SSi/c1-24(2,3)33(18-12-8-6-9-13-18,19-14-10-7-11-15-19)28-17-21-20(16-27-32-26)22-23(29-21)31-25(4,5)30-22/h6-15,20-23,32H,16-17H2,1-5H3/t20-,21-,22-,23-/m1/s1. The Labute approximate surface area is 201 Å². The maximum atomic E-state index is 11.0. The molecule has 0 aliphatic carbocycles. The molecule has 4 atom stereocenters. The highest BCUT2D eigenvalue weighted by atomic mass is 32.2. The van der Waals surface area contributed by atoms with Crippen molar-refractivity contribution in [2.45, 2.75) is 63.9 Å². The third-order valence-electron chi connectivity index (χ3n) is 6.50. The van der Waals surface area contributed by atoms with E-state index in [0.717, 1.165) is 0 Å². The van der Waals surface area contributed by atoms with Crippen molar-refractivity contribution in [1.82, 2.24) is 0 Å². The van der Waals surface area contributed by atoms with Crippen molar-refractivity contribution in [3.05, 3.63) is 60.7 Å². The molecule has 2 aliphatic rings. The molecule has 2 aliphatic heterocycles. The van der Waals surface area contributed by atoms with Gasteiger partial charge in [-0.1, -0.05) is 81.4 Å². The van der Waals surface area contributed by atoms with Crippen LogP contribution in [0.25, 0.3) is 0 Å². The number of thiol groups is 1. The molecule has 0 N–H and O–H groups in total. The van der Waals surface area contributed by atoms with Gasteiger partial charge in [0.2, 0.25) is 0 Å². The fraction of sp³-hybridized carbons (Fsp3) is 0.520. The van der Waals surface area contributed by atoms with Crippen LogP contribution in [0.5, 0.6) is 0 Å². The van der Waals surface area contributed by atoms with Gasteiger partial charge < -0.3 is 18.6 Å². The second kappa shape index (κ2) is 9.69. The van der Waals surface area contributed by atoms with E-state index in [1.165, 1.54) is 10.4 Å². The van der Waals surface area contributed by atoms with Crippen molar-refractivity contribution in [3.63, 3.8) is 0 Å². The zero-order chi connectivity index (χ0) is 23.7. The van der Waals surface area contributed by atoms with Gasteiger partial charge in [-0.15, -0.1) is 0 Å². The van der Waals surface area contributed by atoms with Gasteiger partial charge in [0.15, 0.2) is 12.1 Å². The van der Waals surface area contributed by atoms with Crippen LogP contribution in [-0.2, 0) is 34.8 Å². The average molecular weight is 491 g/mol. The smallest absolute Gasteiger partial charge is 0.261 e. The Hall–Kier alpha value is -1.39. The number of benzene rings is 2. The largest absolute Gasteiger partial charge is 0.405 e. The lowest BCUT2D eigenvalue weighted by Gasteiger charge is -2.43. The second-order valence-electron chi connectivity index (χ2n) is 10.2. The van der Waals surface area contributed by atoms with E-state index in [1.807, 2.05) is 26.0 Å². The number of ether oxygens (including phenoxy) is 3. The van der Waals surface area contributed by atoms with E-state index in [2.05, 4.69) is 69.3 Å². The molecule has 0 radical (unpaired) electrons. The van der Waals surface area contributed by atoms with Gasteiger partial charge in [-0.3, -0.25) is 4.18 Å². The minimum Gasteiger partial charge on any atom is -0.405 e. The lowest BCUT2D eigenvalue weighted by molar-refractivity contribution is -0.213. The molecule has 2 aromatic rings. The van der Waals surface area contributed by atoms with Gasteiger partial charge >= 0.3 is 0 Å². The molecule has 2 heterocycles. The summed E-state index contributed by atoms with van der Waals surface area (Å²) in [6.07, 6.45) is -1.10. The predicted octanol–water partition coefficient (Wildman–Crippen LogP) is 2.93. The molecule has 2 saturated heterocycles. The number of fused-ring (bicyclic) bond motifs is 1. The topological polar surface area (TPSA) is 63.2 Å². The minimum atomic E-state index is -2.71. The van der Waals surface area contributed by atoms with E-state index < -0.39 is 20.4 Å². The predicted molar refractivity (Wildman–Crippen MR) is 131 cm³/mol. The molecule has 2 aromatic carbocycles. The molecule has 33 heavy (non-hydrogen) atoms. The van der Waals surface area contributed by atoms with Crippen LogP contribution in [0.3, 0.4) is 0 Å². The van der Waals surface area contributed by atoms with Crippen LogP contribution in [0.1, 0.15) is 34.6 Å². The summed E-state index contributed by atoms with van der Waals surface area (Å²) in [7, 11) is -2.71. The molecule has 0 aromatic heterocycles. The molecule has 0 unspecified atom stereocenters. The summed E-state index contributed by atoms with van der Waals surface area (Å²) in [5, 5.41) is 2.28. The SMILES string of the molecule is CC1(C)O[C@H]2O[C@H](CO[Si](c3ccccc3)(c3ccccc3)C(C)(C)C)[C@@H](CO[SH]=O)[C@H]2O1. The van der Waals surface area contributed by atoms with Crippen LogP contribution in [0.2, 0.25) is 5.04 Å². The van der Waals surface area contributed by atoms with E-state index in [1.54, 1.807) is 0 Å². The van der Waals surface area contributed by atoms with Gasteiger partial charge in [0.1, 0.15) is 18.1 Å². The highest BCUT2D eigenvalue weighted by Gasteiger charge is 2.56. The molecule has 6 nitrogen and oxygen atoms in total. The molecule has 0 spiro atoms. The first-order valence-electron chi connectivity index (χ1n) is 11.4. The molecule has 0 bridgehead atoms. The maximum absolute atomic E-state index is 11.0. The van der Waals surface area contributed by atoms with Crippen molar-refractivity contribution in [1.29, 1.82) is 0 Å². The fourth-order valence-electron chi connectivity index (χ4n) is 5.09. The number of rotatable bonds is 8. The van der Waals surface area contributed by atoms with Crippen molar-refractivity contribution in [2.75, 3.05) is 13.2 Å². The maximum Gasteiger partial charge on any atom is 0.261 e. The van der Waals surface area contributed by atoms with Gasteiger partial charge in [-0.05, 0) is 29.3 Å². The normalized spacial score (nSPS) is 26.9. The zero-order valence-corrected chi connectivity index (χ0v) is 21.8. The van der Waals surface area contributed by atoms with E-state index in [-0.39, 0.29) is 41.7 Å². The first kappa shape index (κ1) is 24.7. The van der Waals surface area contributed by atoms with Gasteiger partial charge in [0, 0.05) is 5.92 Å². The third kappa shape index (κ3) is 4.88. The van der Waals surface area contributed by atoms with Gasteiger partial charge in [0.25, 0.3) is 8.32 Å². The number of hydrogen-bond donors (Lipinski definition) is 1. The molecule has 4 rings (SSSR count). The van der Waals surface area contributed by atoms with Crippen LogP contribution in [-0.4, -0.2) is 50.0 Å². The fourth-order valence-corrected chi connectivity index (χ4v) is 9.89. The number of hydrogen-bond acceptors (Lipinski definition) is 6. The van der Waals surface area contributed by atoms with Crippen molar-refractivity contribution in [2.24, 2.45) is 5.92 Å².